The van der Waals surface area contributed by atoms with E-state index in [0.717, 1.165) is 17.3 Å². The summed E-state index contributed by atoms with van der Waals surface area (Å²) in [5.74, 6) is -0.807. The van der Waals surface area contributed by atoms with E-state index in [4.69, 9.17) is 17.4 Å². The van der Waals surface area contributed by atoms with Crippen molar-refractivity contribution in [2.24, 2.45) is 5.14 Å². The van der Waals surface area contributed by atoms with E-state index >= 15 is 0 Å². The van der Waals surface area contributed by atoms with Crippen molar-refractivity contribution in [2.45, 2.75) is 4.90 Å². The highest BCUT2D eigenvalue weighted by Gasteiger charge is 2.33. The average molecular weight is 460 g/mol. The number of rotatable bonds is 6. The van der Waals surface area contributed by atoms with Crippen LogP contribution >= 0.6 is 24.0 Å². The first-order valence-electron chi connectivity index (χ1n) is 8.64. The van der Waals surface area contributed by atoms with E-state index in [-0.39, 0.29) is 17.3 Å². The number of nitrogens with two attached hydrogens (primary N) is 1. The molecule has 2 aromatic rings. The summed E-state index contributed by atoms with van der Waals surface area (Å²) in [7, 11) is -3.81. The van der Waals surface area contributed by atoms with Gasteiger partial charge >= 0.3 is 0 Å². The summed E-state index contributed by atoms with van der Waals surface area (Å²) in [4.78, 5) is 26.4. The standard InChI is InChI=1S/C20H17N3O4S3/c21-30(26,27)16-11-9-15(10-12-16)22-18(24)13-23-19(25)17(29-20(23)28)8-4-7-14-5-2-1-3-6-14/h1-12H,13H2,(H,22,24)(H2,21,26,27). The van der Waals surface area contributed by atoms with Crippen LogP contribution in [-0.4, -0.2) is 36.0 Å². The molecule has 0 bridgehead atoms. The smallest absolute Gasteiger partial charge is 0.266 e. The van der Waals surface area contributed by atoms with Crippen LogP contribution in [0, 0.1) is 0 Å². The third-order valence-electron chi connectivity index (χ3n) is 3.98. The second-order valence-electron chi connectivity index (χ2n) is 6.18. The maximum atomic E-state index is 12.6. The van der Waals surface area contributed by atoms with Crippen LogP contribution in [0.4, 0.5) is 5.69 Å². The summed E-state index contributed by atoms with van der Waals surface area (Å²) < 4.78 is 22.8. The lowest BCUT2D eigenvalue weighted by molar-refractivity contribution is -0.126. The highest BCUT2D eigenvalue weighted by atomic mass is 32.2. The molecule has 0 unspecified atom stereocenters. The van der Waals surface area contributed by atoms with Crippen LogP contribution in [0.15, 0.2) is 76.5 Å². The molecule has 0 radical (unpaired) electrons. The SMILES string of the molecule is NS(=O)(=O)c1ccc(NC(=O)CN2C(=O)C(=CC=Cc3ccccc3)SC2=S)cc1. The summed E-state index contributed by atoms with van der Waals surface area (Å²) in [6.07, 6.45) is 5.29. The molecular formula is C20H17N3O4S3. The van der Waals surface area contributed by atoms with E-state index in [9.17, 15) is 18.0 Å². The molecule has 1 saturated heterocycles. The Balaban J connectivity index is 1.61. The number of carbonyl (C=O) groups is 2. The Hall–Kier alpha value is -2.79. The number of nitrogens with zero attached hydrogens (tertiary/aromatic N) is 1. The second kappa shape index (κ2) is 9.35. The van der Waals surface area contributed by atoms with Gasteiger partial charge in [0.25, 0.3) is 5.91 Å². The Morgan fingerprint density at radius 3 is 2.43 bits per heavy atom. The molecule has 0 aliphatic carbocycles. The van der Waals surface area contributed by atoms with Crippen molar-refractivity contribution < 1.29 is 18.0 Å². The van der Waals surface area contributed by atoms with Gasteiger partial charge in [-0.3, -0.25) is 14.5 Å². The Kier molecular flexibility index (Phi) is 6.83. The number of nitrogens with one attached hydrogen (secondary N) is 1. The lowest BCUT2D eigenvalue weighted by Gasteiger charge is -2.14. The van der Waals surface area contributed by atoms with Crippen LogP contribution in [0.5, 0.6) is 0 Å². The maximum Gasteiger partial charge on any atom is 0.266 e. The molecule has 154 valence electrons. The number of carbonyl (C=O) groups excluding carboxylic acids is 2. The zero-order chi connectivity index (χ0) is 21.7. The van der Waals surface area contributed by atoms with Crippen molar-refractivity contribution >= 4 is 61.9 Å². The molecule has 1 aliphatic rings. The summed E-state index contributed by atoms with van der Waals surface area (Å²) in [6, 6.07) is 15.0. The van der Waals surface area contributed by atoms with Crippen LogP contribution in [-0.2, 0) is 19.6 Å². The molecule has 30 heavy (non-hydrogen) atoms. The van der Waals surface area contributed by atoms with Crippen LogP contribution in [0.2, 0.25) is 0 Å². The van der Waals surface area contributed by atoms with Gasteiger partial charge in [-0.2, -0.15) is 0 Å². The fourth-order valence-corrected chi connectivity index (χ4v) is 4.26. The van der Waals surface area contributed by atoms with E-state index in [0.29, 0.717) is 14.9 Å². The van der Waals surface area contributed by atoms with Gasteiger partial charge in [0, 0.05) is 5.69 Å². The molecule has 7 nitrogen and oxygen atoms in total. The number of amides is 2. The number of benzene rings is 2. The molecule has 1 fully saturated rings. The van der Waals surface area contributed by atoms with E-state index in [1.165, 1.54) is 29.2 Å². The van der Waals surface area contributed by atoms with Crippen molar-refractivity contribution in [2.75, 3.05) is 11.9 Å². The monoisotopic (exact) mass is 459 g/mol. The van der Waals surface area contributed by atoms with Crippen molar-refractivity contribution in [3.8, 4) is 0 Å². The van der Waals surface area contributed by atoms with E-state index in [1.54, 1.807) is 12.2 Å². The fraction of sp³-hybridized carbons (Fsp3) is 0.0500. The Morgan fingerprint density at radius 2 is 1.80 bits per heavy atom. The summed E-state index contributed by atoms with van der Waals surface area (Å²) in [6.45, 7) is -0.249. The largest absolute Gasteiger partial charge is 0.325 e. The Labute approximate surface area is 183 Å². The molecule has 3 N–H and O–H groups in total. The lowest BCUT2D eigenvalue weighted by atomic mass is 10.2. The van der Waals surface area contributed by atoms with Crippen LogP contribution in [0.25, 0.3) is 6.08 Å². The number of hydrogen-bond acceptors (Lipinski definition) is 6. The zero-order valence-electron chi connectivity index (χ0n) is 15.5. The number of thioether (sulfide) groups is 1. The average Bonchev–Trinajstić information content (AvgIpc) is 2.96. The predicted octanol–water partition coefficient (Wildman–Crippen LogP) is 2.73. The van der Waals surface area contributed by atoms with Gasteiger partial charge in [-0.25, -0.2) is 13.6 Å². The first-order chi connectivity index (χ1) is 14.2. The van der Waals surface area contributed by atoms with Crippen molar-refractivity contribution in [1.82, 2.24) is 4.90 Å². The van der Waals surface area contributed by atoms with Crippen molar-refractivity contribution in [3.63, 3.8) is 0 Å². The van der Waals surface area contributed by atoms with Gasteiger partial charge in [-0.1, -0.05) is 66.5 Å². The molecule has 2 amide bonds. The molecule has 0 spiro atoms. The predicted molar refractivity (Wildman–Crippen MR) is 122 cm³/mol. The number of sulfonamides is 1. The second-order valence-corrected chi connectivity index (χ2v) is 9.41. The molecule has 10 heteroatoms. The van der Waals surface area contributed by atoms with Crippen molar-refractivity contribution in [1.29, 1.82) is 0 Å². The van der Waals surface area contributed by atoms with Crippen LogP contribution in [0.3, 0.4) is 0 Å². The number of anilines is 1. The van der Waals surface area contributed by atoms with E-state index in [1.807, 2.05) is 36.4 Å². The minimum atomic E-state index is -3.81. The Morgan fingerprint density at radius 1 is 1.13 bits per heavy atom. The number of hydrogen-bond donors (Lipinski definition) is 2. The number of allylic oxidation sites excluding steroid dienone is 2. The van der Waals surface area contributed by atoms with E-state index < -0.39 is 15.9 Å². The van der Waals surface area contributed by atoms with Crippen LogP contribution < -0.4 is 10.5 Å². The minimum absolute atomic E-state index is 0.0638. The molecule has 2 aromatic carbocycles. The minimum Gasteiger partial charge on any atom is -0.325 e. The van der Waals surface area contributed by atoms with Gasteiger partial charge < -0.3 is 5.32 Å². The normalized spacial score (nSPS) is 15.9. The van der Waals surface area contributed by atoms with Gasteiger partial charge in [0.15, 0.2) is 0 Å². The van der Waals surface area contributed by atoms with Gasteiger partial charge in [0.1, 0.15) is 10.9 Å². The molecule has 0 aromatic heterocycles. The third-order valence-corrected chi connectivity index (χ3v) is 6.30. The van der Waals surface area contributed by atoms with E-state index in [2.05, 4.69) is 5.32 Å². The maximum absolute atomic E-state index is 12.6. The quantitative estimate of drug-likeness (QED) is 0.508. The molecule has 1 heterocycles. The van der Waals surface area contributed by atoms with Crippen molar-refractivity contribution in [3.05, 3.63) is 77.2 Å². The van der Waals surface area contributed by atoms with Gasteiger partial charge in [0.05, 0.1) is 9.80 Å². The molecule has 3 rings (SSSR count). The zero-order valence-corrected chi connectivity index (χ0v) is 18.0. The van der Waals surface area contributed by atoms with Gasteiger partial charge in [-0.05, 0) is 35.9 Å². The Bertz CT molecular complexity index is 1140. The number of thiocarbonyl (C=S) groups is 1. The first kappa shape index (κ1) is 21.9. The molecule has 0 atom stereocenters. The van der Waals surface area contributed by atoms with Crippen LogP contribution in [0.1, 0.15) is 5.56 Å². The fourth-order valence-electron chi connectivity index (χ4n) is 2.53. The first-order valence-corrected chi connectivity index (χ1v) is 11.4. The van der Waals surface area contributed by atoms with Gasteiger partial charge in [0.2, 0.25) is 15.9 Å². The third kappa shape index (κ3) is 5.63. The molecule has 0 saturated carbocycles. The summed E-state index contributed by atoms with van der Waals surface area (Å²) in [5.41, 5.74) is 1.37. The molecule has 1 aliphatic heterocycles. The summed E-state index contributed by atoms with van der Waals surface area (Å²) >= 11 is 6.35. The highest BCUT2D eigenvalue weighted by molar-refractivity contribution is 8.26. The lowest BCUT2D eigenvalue weighted by Crippen LogP contribution is -2.36. The van der Waals surface area contributed by atoms with Gasteiger partial charge in [-0.15, -0.1) is 0 Å². The highest BCUT2D eigenvalue weighted by Crippen LogP contribution is 2.30. The topological polar surface area (TPSA) is 110 Å². The number of primary sulfonamides is 1. The summed E-state index contributed by atoms with van der Waals surface area (Å²) in [5, 5.41) is 7.64. The molecular weight excluding hydrogens is 442 g/mol.